The third kappa shape index (κ3) is 4.60. The zero-order valence-corrected chi connectivity index (χ0v) is 15.0. The summed E-state index contributed by atoms with van der Waals surface area (Å²) in [6, 6.07) is 2.06. The number of nitrogens with zero attached hydrogens (tertiary/aromatic N) is 2. The van der Waals surface area contributed by atoms with Gasteiger partial charge in [0.2, 0.25) is 0 Å². The van der Waals surface area contributed by atoms with Gasteiger partial charge in [-0.1, -0.05) is 30.0 Å². The van der Waals surface area contributed by atoms with Gasteiger partial charge in [0.1, 0.15) is 10.4 Å². The van der Waals surface area contributed by atoms with E-state index in [4.69, 9.17) is 17.3 Å². The average Bonchev–Trinajstić information content (AvgIpc) is 2.83. The summed E-state index contributed by atoms with van der Waals surface area (Å²) in [5, 5.41) is 38.4. The third-order valence-electron chi connectivity index (χ3n) is 3.55. The molecule has 1 saturated heterocycles. The molecule has 1 fully saturated rings. The summed E-state index contributed by atoms with van der Waals surface area (Å²) in [4.78, 5) is 45.6. The highest BCUT2D eigenvalue weighted by Gasteiger charge is 2.40. The number of aliphatic carboxylic acids is 2. The van der Waals surface area contributed by atoms with Crippen molar-refractivity contribution in [1.29, 1.82) is 0 Å². The van der Waals surface area contributed by atoms with Crippen LogP contribution >= 0.6 is 24.0 Å². The molecular formula is C15H12N2O8S2. The Morgan fingerprint density at radius 1 is 1.37 bits per heavy atom. The molecule has 0 aliphatic carbocycles. The van der Waals surface area contributed by atoms with E-state index in [2.05, 4.69) is 0 Å². The third-order valence-corrected chi connectivity index (χ3v) is 4.88. The SMILES string of the molecule is O=C(O)CC[C@@H](C(=O)O)N1C(=O)/C(=C\c2ccc(O)c([N+](=O)[O-])c2)SC1=S. The van der Waals surface area contributed by atoms with Gasteiger partial charge in [-0.2, -0.15) is 0 Å². The first-order valence-electron chi connectivity index (χ1n) is 7.31. The Hall–Kier alpha value is -2.99. The second-order valence-corrected chi connectivity index (χ2v) is 7.02. The van der Waals surface area contributed by atoms with Crippen LogP contribution in [-0.4, -0.2) is 53.4 Å². The minimum atomic E-state index is -1.44. The van der Waals surface area contributed by atoms with E-state index in [1.807, 2.05) is 0 Å². The van der Waals surface area contributed by atoms with Gasteiger partial charge in [-0.3, -0.25) is 24.6 Å². The van der Waals surface area contributed by atoms with E-state index in [0.717, 1.165) is 28.8 Å². The van der Waals surface area contributed by atoms with Crippen LogP contribution in [0.2, 0.25) is 0 Å². The predicted molar refractivity (Wildman–Crippen MR) is 98.1 cm³/mol. The van der Waals surface area contributed by atoms with Crippen molar-refractivity contribution >= 4 is 57.9 Å². The van der Waals surface area contributed by atoms with Crippen LogP contribution in [0.4, 0.5) is 5.69 Å². The minimum absolute atomic E-state index is 0.0292. The molecule has 27 heavy (non-hydrogen) atoms. The number of carbonyl (C=O) groups is 3. The van der Waals surface area contributed by atoms with Crippen LogP contribution in [0.1, 0.15) is 18.4 Å². The van der Waals surface area contributed by atoms with Crippen molar-refractivity contribution in [3.05, 3.63) is 38.8 Å². The second kappa shape index (κ2) is 8.14. The van der Waals surface area contributed by atoms with Crippen LogP contribution in [0.3, 0.4) is 0 Å². The average molecular weight is 412 g/mol. The normalized spacial score (nSPS) is 16.6. The summed E-state index contributed by atoms with van der Waals surface area (Å²) in [6.07, 6.45) is 0.494. The molecule has 1 atom stereocenters. The summed E-state index contributed by atoms with van der Waals surface area (Å²) < 4.78 is -0.0580. The molecule has 1 heterocycles. The number of nitro benzene ring substituents is 1. The summed E-state index contributed by atoms with van der Waals surface area (Å²) >= 11 is 5.84. The van der Waals surface area contributed by atoms with Crippen LogP contribution in [0.25, 0.3) is 6.08 Å². The number of nitro groups is 1. The van der Waals surface area contributed by atoms with Gasteiger partial charge < -0.3 is 15.3 Å². The molecule has 12 heteroatoms. The molecule has 0 unspecified atom stereocenters. The van der Waals surface area contributed by atoms with Crippen molar-refractivity contribution < 1.29 is 34.6 Å². The fourth-order valence-electron chi connectivity index (χ4n) is 2.30. The first kappa shape index (κ1) is 20.3. The zero-order valence-electron chi connectivity index (χ0n) is 13.4. The Morgan fingerprint density at radius 2 is 2.04 bits per heavy atom. The van der Waals surface area contributed by atoms with Crippen LogP contribution in [0.15, 0.2) is 23.1 Å². The van der Waals surface area contributed by atoms with E-state index in [1.165, 1.54) is 12.1 Å². The quantitative estimate of drug-likeness (QED) is 0.261. The van der Waals surface area contributed by atoms with Crippen LogP contribution in [0, 0.1) is 10.1 Å². The van der Waals surface area contributed by atoms with Gasteiger partial charge in [-0.15, -0.1) is 0 Å². The van der Waals surface area contributed by atoms with Crippen LogP contribution < -0.4 is 0 Å². The molecule has 1 aliphatic heterocycles. The smallest absolute Gasteiger partial charge is 0.326 e. The Bertz CT molecular complexity index is 883. The Labute approximate surface area is 161 Å². The number of hydrogen-bond donors (Lipinski definition) is 3. The lowest BCUT2D eigenvalue weighted by molar-refractivity contribution is -0.385. The monoisotopic (exact) mass is 412 g/mol. The number of carboxylic acid groups (broad SMARTS) is 2. The number of carboxylic acids is 2. The van der Waals surface area contributed by atoms with E-state index in [0.29, 0.717) is 0 Å². The lowest BCUT2D eigenvalue weighted by atomic mass is 10.1. The fraction of sp³-hybridized carbons (Fsp3) is 0.200. The number of hydrogen-bond acceptors (Lipinski definition) is 8. The Balaban J connectivity index is 2.33. The number of phenols is 1. The summed E-state index contributed by atoms with van der Waals surface area (Å²) in [7, 11) is 0. The molecule has 0 spiro atoms. The lowest BCUT2D eigenvalue weighted by Gasteiger charge is -2.22. The number of carbonyl (C=O) groups excluding carboxylic acids is 1. The molecule has 0 saturated carbocycles. The molecule has 1 amide bonds. The molecular weight excluding hydrogens is 400 g/mol. The van der Waals surface area contributed by atoms with Crippen molar-refractivity contribution in [3.63, 3.8) is 0 Å². The highest BCUT2D eigenvalue weighted by Crippen LogP contribution is 2.36. The molecule has 1 aliphatic rings. The largest absolute Gasteiger partial charge is 0.502 e. The van der Waals surface area contributed by atoms with Gasteiger partial charge in [0.15, 0.2) is 5.75 Å². The number of thioether (sulfide) groups is 1. The number of thiocarbonyl (C=S) groups is 1. The minimum Gasteiger partial charge on any atom is -0.502 e. The highest BCUT2D eigenvalue weighted by atomic mass is 32.2. The molecule has 0 aromatic heterocycles. The number of aromatic hydroxyl groups is 1. The molecule has 0 radical (unpaired) electrons. The van der Waals surface area contributed by atoms with Gasteiger partial charge in [0.05, 0.1) is 9.83 Å². The van der Waals surface area contributed by atoms with Crippen molar-refractivity contribution in [2.24, 2.45) is 0 Å². The number of rotatable bonds is 7. The van der Waals surface area contributed by atoms with Crippen molar-refractivity contribution in [1.82, 2.24) is 4.90 Å². The molecule has 1 aromatic carbocycles. The first-order valence-corrected chi connectivity index (χ1v) is 8.53. The van der Waals surface area contributed by atoms with E-state index >= 15 is 0 Å². The molecule has 2 rings (SSSR count). The van der Waals surface area contributed by atoms with E-state index in [1.54, 1.807) is 0 Å². The van der Waals surface area contributed by atoms with Gasteiger partial charge in [-0.05, 0) is 24.1 Å². The molecule has 3 N–H and O–H groups in total. The standard InChI is InChI=1S/C15H12N2O8S2/c18-10-3-1-7(5-9(10)17(24)25)6-11-13(21)16(15(26)27-11)8(14(22)23)2-4-12(19)20/h1,3,5-6,8,18H,2,4H2,(H,19,20)(H,22,23)/b11-6+/t8-/m0/s1. The van der Waals surface area contributed by atoms with Crippen molar-refractivity contribution in [2.45, 2.75) is 18.9 Å². The topological polar surface area (TPSA) is 158 Å². The number of benzene rings is 1. The fourth-order valence-corrected chi connectivity index (χ4v) is 3.66. The van der Waals surface area contributed by atoms with E-state index < -0.39 is 46.7 Å². The van der Waals surface area contributed by atoms with Gasteiger partial charge >= 0.3 is 17.6 Å². The highest BCUT2D eigenvalue weighted by molar-refractivity contribution is 8.26. The molecule has 142 valence electrons. The zero-order chi connectivity index (χ0) is 20.3. The number of amides is 1. The molecule has 10 nitrogen and oxygen atoms in total. The maximum atomic E-state index is 12.6. The number of phenolic OH excluding ortho intramolecular Hbond substituents is 1. The van der Waals surface area contributed by atoms with Gasteiger partial charge in [0, 0.05) is 12.5 Å². The van der Waals surface area contributed by atoms with Crippen LogP contribution in [-0.2, 0) is 14.4 Å². The van der Waals surface area contributed by atoms with E-state index in [-0.39, 0.29) is 21.2 Å². The Kier molecular flexibility index (Phi) is 6.13. The molecule has 1 aromatic rings. The van der Waals surface area contributed by atoms with Gasteiger partial charge in [-0.25, -0.2) is 4.79 Å². The van der Waals surface area contributed by atoms with Crippen molar-refractivity contribution in [3.8, 4) is 5.75 Å². The summed E-state index contributed by atoms with van der Waals surface area (Å²) in [6.45, 7) is 0. The van der Waals surface area contributed by atoms with Crippen LogP contribution in [0.5, 0.6) is 5.75 Å². The van der Waals surface area contributed by atoms with Gasteiger partial charge in [0.25, 0.3) is 5.91 Å². The first-order chi connectivity index (χ1) is 12.6. The lowest BCUT2D eigenvalue weighted by Crippen LogP contribution is -2.44. The maximum Gasteiger partial charge on any atom is 0.326 e. The predicted octanol–water partition coefficient (Wildman–Crippen LogP) is 1.82. The summed E-state index contributed by atoms with van der Waals surface area (Å²) in [5.41, 5.74) is -0.318. The molecule has 0 bridgehead atoms. The Morgan fingerprint density at radius 3 is 2.59 bits per heavy atom. The second-order valence-electron chi connectivity index (χ2n) is 5.34. The summed E-state index contributed by atoms with van der Waals surface area (Å²) in [5.74, 6) is -3.88. The maximum absolute atomic E-state index is 12.6. The van der Waals surface area contributed by atoms with Crippen molar-refractivity contribution in [2.75, 3.05) is 0 Å². The van der Waals surface area contributed by atoms with E-state index in [9.17, 15) is 34.7 Å².